The van der Waals surface area contributed by atoms with Crippen molar-refractivity contribution in [2.24, 2.45) is 0 Å². The first-order valence-corrected chi connectivity index (χ1v) is 7.56. The van der Waals surface area contributed by atoms with Crippen LogP contribution in [-0.4, -0.2) is 14.4 Å². The first-order valence-electron chi connectivity index (χ1n) is 6.76. The largest absolute Gasteiger partial charge is 0.298 e. The Morgan fingerprint density at radius 2 is 2.10 bits per heavy atom. The second kappa shape index (κ2) is 4.16. The van der Waals surface area contributed by atoms with E-state index in [4.69, 9.17) is 0 Å². The van der Waals surface area contributed by atoms with Crippen LogP contribution in [0.5, 0.6) is 0 Å². The summed E-state index contributed by atoms with van der Waals surface area (Å²) in [5.74, 6) is 0. The van der Waals surface area contributed by atoms with Crippen LogP contribution in [0.2, 0.25) is 0 Å². The standard InChI is InChI=1S/C16H14BrN3/c1-16(6-7-16)11-5-8-20-13(10-18-15(20)9-11)12-3-2-4-14(17)19-12/h2-5,8-10H,6-7H2,1H3. The summed E-state index contributed by atoms with van der Waals surface area (Å²) in [4.78, 5) is 9.04. The van der Waals surface area contributed by atoms with Gasteiger partial charge >= 0.3 is 0 Å². The Hall–Kier alpha value is -1.68. The molecule has 3 nitrogen and oxygen atoms in total. The summed E-state index contributed by atoms with van der Waals surface area (Å²) in [5, 5.41) is 0. The first kappa shape index (κ1) is 12.1. The van der Waals surface area contributed by atoms with Crippen molar-refractivity contribution in [1.82, 2.24) is 14.4 Å². The fourth-order valence-corrected chi connectivity index (χ4v) is 2.92. The molecule has 0 radical (unpaired) electrons. The van der Waals surface area contributed by atoms with E-state index in [1.807, 2.05) is 24.4 Å². The van der Waals surface area contributed by atoms with Crippen LogP contribution >= 0.6 is 15.9 Å². The number of rotatable bonds is 2. The van der Waals surface area contributed by atoms with E-state index in [0.717, 1.165) is 21.6 Å². The fraction of sp³-hybridized carbons (Fsp3) is 0.250. The molecule has 0 aliphatic heterocycles. The molecule has 0 saturated heterocycles. The van der Waals surface area contributed by atoms with Crippen LogP contribution in [0.1, 0.15) is 25.3 Å². The van der Waals surface area contributed by atoms with Crippen molar-refractivity contribution in [3.63, 3.8) is 0 Å². The Kier molecular flexibility index (Phi) is 2.51. The van der Waals surface area contributed by atoms with Crippen molar-refractivity contribution >= 4 is 21.6 Å². The molecule has 0 bridgehead atoms. The number of hydrogen-bond acceptors (Lipinski definition) is 2. The summed E-state index contributed by atoms with van der Waals surface area (Å²) in [6.07, 6.45) is 6.57. The summed E-state index contributed by atoms with van der Waals surface area (Å²) >= 11 is 3.42. The topological polar surface area (TPSA) is 30.2 Å². The highest BCUT2D eigenvalue weighted by molar-refractivity contribution is 9.10. The number of nitrogens with zero attached hydrogens (tertiary/aromatic N) is 3. The number of imidazole rings is 1. The van der Waals surface area contributed by atoms with Crippen molar-refractivity contribution in [3.05, 3.63) is 52.9 Å². The lowest BCUT2D eigenvalue weighted by Crippen LogP contribution is -2.01. The lowest BCUT2D eigenvalue weighted by molar-refractivity contribution is 0.785. The van der Waals surface area contributed by atoms with Gasteiger partial charge in [0, 0.05) is 6.20 Å². The number of pyridine rings is 2. The molecule has 100 valence electrons. The van der Waals surface area contributed by atoms with E-state index in [-0.39, 0.29) is 0 Å². The van der Waals surface area contributed by atoms with Gasteiger partial charge in [-0.15, -0.1) is 0 Å². The second-order valence-corrected chi connectivity index (χ2v) is 6.51. The van der Waals surface area contributed by atoms with E-state index in [0.29, 0.717) is 5.41 Å². The zero-order valence-electron chi connectivity index (χ0n) is 11.2. The van der Waals surface area contributed by atoms with Crippen molar-refractivity contribution in [2.45, 2.75) is 25.2 Å². The summed E-state index contributed by atoms with van der Waals surface area (Å²) in [7, 11) is 0. The molecule has 1 aliphatic rings. The van der Waals surface area contributed by atoms with E-state index in [2.05, 4.69) is 55.6 Å². The van der Waals surface area contributed by atoms with Crippen molar-refractivity contribution < 1.29 is 0 Å². The second-order valence-electron chi connectivity index (χ2n) is 5.69. The van der Waals surface area contributed by atoms with Crippen LogP contribution in [0.15, 0.2) is 47.3 Å². The van der Waals surface area contributed by atoms with Gasteiger partial charge in [0.25, 0.3) is 0 Å². The van der Waals surface area contributed by atoms with Gasteiger partial charge in [-0.05, 0) is 64.0 Å². The van der Waals surface area contributed by atoms with Gasteiger partial charge in [0.15, 0.2) is 0 Å². The molecule has 0 unspecified atom stereocenters. The average molecular weight is 328 g/mol. The van der Waals surface area contributed by atoms with Crippen molar-refractivity contribution in [2.75, 3.05) is 0 Å². The maximum absolute atomic E-state index is 4.53. The number of hydrogen-bond donors (Lipinski definition) is 0. The summed E-state index contributed by atoms with van der Waals surface area (Å²) < 4.78 is 2.94. The Labute approximate surface area is 125 Å². The van der Waals surface area contributed by atoms with Gasteiger partial charge in [0.05, 0.1) is 17.6 Å². The van der Waals surface area contributed by atoms with Crippen LogP contribution in [-0.2, 0) is 5.41 Å². The lowest BCUT2D eigenvalue weighted by atomic mass is 10.00. The van der Waals surface area contributed by atoms with Gasteiger partial charge in [-0.3, -0.25) is 4.40 Å². The summed E-state index contributed by atoms with van der Waals surface area (Å²) in [5.41, 5.74) is 4.71. The van der Waals surface area contributed by atoms with Crippen LogP contribution < -0.4 is 0 Å². The number of halogens is 1. The van der Waals surface area contributed by atoms with E-state index in [1.54, 1.807) is 0 Å². The third-order valence-electron chi connectivity index (χ3n) is 4.19. The molecule has 1 saturated carbocycles. The Morgan fingerprint density at radius 1 is 1.25 bits per heavy atom. The number of aromatic nitrogens is 3. The van der Waals surface area contributed by atoms with Gasteiger partial charge in [-0.25, -0.2) is 9.97 Å². The Bertz CT molecular complexity index is 802. The highest BCUT2D eigenvalue weighted by atomic mass is 79.9. The maximum atomic E-state index is 4.53. The molecule has 4 rings (SSSR count). The van der Waals surface area contributed by atoms with Gasteiger partial charge in [0.1, 0.15) is 10.3 Å². The summed E-state index contributed by atoms with van der Waals surface area (Å²) in [6.45, 7) is 2.32. The third kappa shape index (κ3) is 1.86. The Morgan fingerprint density at radius 3 is 2.85 bits per heavy atom. The molecule has 3 aromatic rings. The molecule has 1 fully saturated rings. The molecular formula is C16H14BrN3. The van der Waals surface area contributed by atoms with Crippen LogP contribution in [0.3, 0.4) is 0 Å². The van der Waals surface area contributed by atoms with E-state index in [9.17, 15) is 0 Å². The lowest BCUT2D eigenvalue weighted by Gasteiger charge is -2.09. The minimum Gasteiger partial charge on any atom is -0.298 e. The number of fused-ring (bicyclic) bond motifs is 1. The monoisotopic (exact) mass is 327 g/mol. The van der Waals surface area contributed by atoms with Gasteiger partial charge in [-0.2, -0.15) is 0 Å². The minimum atomic E-state index is 0.377. The van der Waals surface area contributed by atoms with Gasteiger partial charge in [0.2, 0.25) is 0 Å². The predicted octanol–water partition coefficient (Wildman–Crippen LogP) is 4.21. The Balaban J connectivity index is 1.86. The van der Waals surface area contributed by atoms with Crippen LogP contribution in [0.4, 0.5) is 0 Å². The average Bonchev–Trinajstić information content (AvgIpc) is 3.06. The molecule has 0 aromatic carbocycles. The molecule has 3 aromatic heterocycles. The molecule has 0 spiro atoms. The highest BCUT2D eigenvalue weighted by Crippen LogP contribution is 2.47. The molecule has 0 N–H and O–H groups in total. The smallest absolute Gasteiger partial charge is 0.137 e. The minimum absolute atomic E-state index is 0.377. The third-order valence-corrected chi connectivity index (χ3v) is 4.63. The molecule has 1 aliphatic carbocycles. The zero-order valence-corrected chi connectivity index (χ0v) is 12.8. The van der Waals surface area contributed by atoms with Crippen molar-refractivity contribution in [3.8, 4) is 11.4 Å². The maximum Gasteiger partial charge on any atom is 0.137 e. The molecule has 0 amide bonds. The predicted molar refractivity (Wildman–Crippen MR) is 82.7 cm³/mol. The van der Waals surface area contributed by atoms with E-state index < -0.39 is 0 Å². The van der Waals surface area contributed by atoms with Crippen molar-refractivity contribution in [1.29, 1.82) is 0 Å². The van der Waals surface area contributed by atoms with E-state index in [1.165, 1.54) is 18.4 Å². The molecule has 20 heavy (non-hydrogen) atoms. The first-order chi connectivity index (χ1) is 9.66. The SMILES string of the molecule is CC1(c2ccn3c(-c4cccc(Br)n4)cnc3c2)CC1. The van der Waals surface area contributed by atoms with Crippen LogP contribution in [0.25, 0.3) is 17.0 Å². The zero-order chi connectivity index (χ0) is 13.7. The highest BCUT2D eigenvalue weighted by Gasteiger charge is 2.39. The van der Waals surface area contributed by atoms with Gasteiger partial charge < -0.3 is 0 Å². The van der Waals surface area contributed by atoms with E-state index >= 15 is 0 Å². The summed E-state index contributed by atoms with van der Waals surface area (Å²) in [6, 6.07) is 10.3. The molecule has 3 heterocycles. The molecule has 0 atom stereocenters. The van der Waals surface area contributed by atoms with Gasteiger partial charge in [-0.1, -0.05) is 13.0 Å². The normalized spacial score (nSPS) is 16.5. The van der Waals surface area contributed by atoms with Crippen LogP contribution in [0, 0.1) is 0 Å². The fourth-order valence-electron chi connectivity index (χ4n) is 2.57. The quantitative estimate of drug-likeness (QED) is 0.660. The molecule has 4 heteroatoms. The molecular weight excluding hydrogens is 314 g/mol.